The minimum absolute atomic E-state index is 0.0581. The van der Waals surface area contributed by atoms with Gasteiger partial charge in [-0.15, -0.1) is 5.10 Å². The Kier molecular flexibility index (Phi) is 3.47. The number of carbonyl (C=O) groups excluding carboxylic acids is 1. The third-order valence-electron chi connectivity index (χ3n) is 2.80. The van der Waals surface area contributed by atoms with Crippen molar-refractivity contribution < 1.29 is 4.79 Å². The lowest BCUT2D eigenvalue weighted by molar-refractivity contribution is 0.0510. The van der Waals surface area contributed by atoms with E-state index in [1.54, 1.807) is 10.3 Å². The summed E-state index contributed by atoms with van der Waals surface area (Å²) in [5, 5.41) is 5.48. The zero-order valence-electron chi connectivity index (χ0n) is 9.17. The minimum Gasteiger partial charge on any atom is -0.330 e. The number of aromatic nitrogens is 2. The summed E-state index contributed by atoms with van der Waals surface area (Å²) in [5.74, 6) is -0.0581. The van der Waals surface area contributed by atoms with Gasteiger partial charge in [0.2, 0.25) is 0 Å². The highest BCUT2D eigenvalue weighted by Gasteiger charge is 2.29. The molecule has 1 aliphatic rings. The second-order valence-corrected chi connectivity index (χ2v) is 4.55. The highest BCUT2D eigenvalue weighted by atomic mass is 32.1. The fourth-order valence-electron chi connectivity index (χ4n) is 1.88. The highest BCUT2D eigenvalue weighted by Crippen LogP contribution is 2.12. The maximum absolute atomic E-state index is 12.1. The molecular weight excluding hydrogens is 226 g/mol. The van der Waals surface area contributed by atoms with Crippen LogP contribution in [0.1, 0.15) is 10.5 Å². The summed E-state index contributed by atoms with van der Waals surface area (Å²) in [5.41, 5.74) is 6.12. The summed E-state index contributed by atoms with van der Waals surface area (Å²) < 4.78 is 3.71. The fraction of sp³-hybridized carbons (Fsp3) is 0.667. The average Bonchev–Trinajstić information content (AvgIpc) is 2.81. The standard InChI is InChI=1S/C9H15N5OS/c1-13-2-3-14(7(4-10)5-13)9(15)8-6-16-12-11-8/h6-7H,2-5,10H2,1H3. The van der Waals surface area contributed by atoms with E-state index in [2.05, 4.69) is 14.5 Å². The van der Waals surface area contributed by atoms with Gasteiger partial charge in [-0.25, -0.2) is 0 Å². The van der Waals surface area contributed by atoms with Crippen LogP contribution in [-0.4, -0.2) is 64.6 Å². The lowest BCUT2D eigenvalue weighted by atomic mass is 10.1. The molecule has 2 rings (SSSR count). The zero-order chi connectivity index (χ0) is 11.5. The van der Waals surface area contributed by atoms with E-state index >= 15 is 0 Å². The minimum atomic E-state index is -0.0581. The van der Waals surface area contributed by atoms with E-state index in [4.69, 9.17) is 5.73 Å². The van der Waals surface area contributed by atoms with E-state index in [9.17, 15) is 4.79 Å². The summed E-state index contributed by atoms with van der Waals surface area (Å²) >= 11 is 1.19. The summed E-state index contributed by atoms with van der Waals surface area (Å²) in [6, 6.07) is 0.0768. The molecular formula is C9H15N5OS. The molecule has 6 nitrogen and oxygen atoms in total. The molecule has 7 heteroatoms. The van der Waals surface area contributed by atoms with E-state index < -0.39 is 0 Å². The number of piperazine rings is 1. The molecule has 2 heterocycles. The zero-order valence-corrected chi connectivity index (χ0v) is 9.98. The Bertz CT molecular complexity index is 355. The van der Waals surface area contributed by atoms with Gasteiger partial charge >= 0.3 is 0 Å². The number of amides is 1. The first kappa shape index (κ1) is 11.4. The van der Waals surface area contributed by atoms with Crippen LogP contribution in [0, 0.1) is 0 Å². The molecule has 0 spiro atoms. The normalized spacial score (nSPS) is 22.4. The smallest absolute Gasteiger partial charge is 0.275 e. The molecule has 0 bridgehead atoms. The molecule has 1 fully saturated rings. The van der Waals surface area contributed by atoms with Gasteiger partial charge in [-0.1, -0.05) is 4.49 Å². The first-order chi connectivity index (χ1) is 7.72. The number of nitrogens with two attached hydrogens (primary N) is 1. The Morgan fingerprint density at radius 1 is 1.69 bits per heavy atom. The second-order valence-electron chi connectivity index (χ2n) is 3.94. The lowest BCUT2D eigenvalue weighted by Gasteiger charge is -2.39. The number of likely N-dealkylation sites (N-methyl/N-ethyl adjacent to an activating group) is 1. The molecule has 2 N–H and O–H groups in total. The van der Waals surface area contributed by atoms with E-state index in [1.165, 1.54) is 11.5 Å². The second kappa shape index (κ2) is 4.86. The number of hydrogen-bond donors (Lipinski definition) is 1. The van der Waals surface area contributed by atoms with E-state index in [0.717, 1.165) is 13.1 Å². The monoisotopic (exact) mass is 241 g/mol. The molecule has 1 aromatic rings. The van der Waals surface area contributed by atoms with Crippen molar-refractivity contribution in [3.05, 3.63) is 11.1 Å². The average molecular weight is 241 g/mol. The van der Waals surface area contributed by atoms with Gasteiger partial charge in [0.05, 0.1) is 6.04 Å². The third kappa shape index (κ3) is 2.21. The Labute approximate surface area is 98.2 Å². The van der Waals surface area contributed by atoms with Gasteiger partial charge in [-0.3, -0.25) is 4.79 Å². The van der Waals surface area contributed by atoms with Crippen LogP contribution in [0.4, 0.5) is 0 Å². The van der Waals surface area contributed by atoms with Gasteiger partial charge in [0.1, 0.15) is 0 Å². The molecule has 1 aromatic heterocycles. The van der Waals surface area contributed by atoms with Crippen LogP contribution in [0.2, 0.25) is 0 Å². The quantitative estimate of drug-likeness (QED) is 0.737. The molecule has 0 radical (unpaired) electrons. The Hall–Kier alpha value is -1.05. The summed E-state index contributed by atoms with van der Waals surface area (Å²) in [7, 11) is 2.04. The predicted octanol–water partition coefficient (Wildman–Crippen LogP) is -0.747. The van der Waals surface area contributed by atoms with Crippen LogP contribution < -0.4 is 5.73 Å². The summed E-state index contributed by atoms with van der Waals surface area (Å²) in [4.78, 5) is 16.1. The fourth-order valence-corrected chi connectivity index (χ4v) is 2.31. The summed E-state index contributed by atoms with van der Waals surface area (Å²) in [6.45, 7) is 2.88. The lowest BCUT2D eigenvalue weighted by Crippen LogP contribution is -2.56. The predicted molar refractivity (Wildman–Crippen MR) is 61.3 cm³/mol. The van der Waals surface area contributed by atoms with E-state index in [1.807, 2.05) is 7.05 Å². The molecule has 88 valence electrons. The van der Waals surface area contributed by atoms with Crippen LogP contribution in [0.25, 0.3) is 0 Å². The SMILES string of the molecule is CN1CCN(C(=O)c2csnn2)C(CN)C1. The van der Waals surface area contributed by atoms with Crippen LogP contribution in [0.3, 0.4) is 0 Å². The van der Waals surface area contributed by atoms with Crippen molar-refractivity contribution in [2.24, 2.45) is 5.73 Å². The van der Waals surface area contributed by atoms with Gasteiger partial charge in [0.25, 0.3) is 5.91 Å². The topological polar surface area (TPSA) is 75.3 Å². The van der Waals surface area contributed by atoms with Crippen LogP contribution >= 0.6 is 11.5 Å². The van der Waals surface area contributed by atoms with Crippen molar-refractivity contribution in [2.75, 3.05) is 33.2 Å². The van der Waals surface area contributed by atoms with E-state index in [0.29, 0.717) is 18.8 Å². The highest BCUT2D eigenvalue weighted by molar-refractivity contribution is 7.03. The molecule has 0 aromatic carbocycles. The Balaban J connectivity index is 2.10. The van der Waals surface area contributed by atoms with Crippen LogP contribution in [0.15, 0.2) is 5.38 Å². The molecule has 1 unspecified atom stereocenters. The largest absolute Gasteiger partial charge is 0.330 e. The van der Waals surface area contributed by atoms with Crippen LogP contribution in [-0.2, 0) is 0 Å². The molecule has 0 aliphatic carbocycles. The number of nitrogens with zero attached hydrogens (tertiary/aromatic N) is 4. The number of hydrogen-bond acceptors (Lipinski definition) is 6. The van der Waals surface area contributed by atoms with Crippen molar-refractivity contribution in [1.82, 2.24) is 19.4 Å². The van der Waals surface area contributed by atoms with Gasteiger partial charge < -0.3 is 15.5 Å². The maximum atomic E-state index is 12.1. The first-order valence-electron chi connectivity index (χ1n) is 5.19. The van der Waals surface area contributed by atoms with Crippen molar-refractivity contribution in [3.8, 4) is 0 Å². The Morgan fingerprint density at radius 2 is 2.50 bits per heavy atom. The van der Waals surface area contributed by atoms with Gasteiger partial charge in [-0.05, 0) is 18.6 Å². The molecule has 0 saturated carbocycles. The van der Waals surface area contributed by atoms with Crippen molar-refractivity contribution >= 4 is 17.4 Å². The van der Waals surface area contributed by atoms with Gasteiger partial charge in [-0.2, -0.15) is 0 Å². The number of carbonyl (C=O) groups is 1. The third-order valence-corrected chi connectivity index (χ3v) is 3.30. The Morgan fingerprint density at radius 3 is 3.12 bits per heavy atom. The van der Waals surface area contributed by atoms with Gasteiger partial charge in [0, 0.05) is 31.6 Å². The molecule has 1 saturated heterocycles. The molecule has 1 amide bonds. The number of rotatable bonds is 2. The van der Waals surface area contributed by atoms with Crippen molar-refractivity contribution in [1.29, 1.82) is 0 Å². The molecule has 16 heavy (non-hydrogen) atoms. The van der Waals surface area contributed by atoms with Gasteiger partial charge in [0.15, 0.2) is 5.69 Å². The summed E-state index contributed by atoms with van der Waals surface area (Å²) in [6.07, 6.45) is 0. The first-order valence-corrected chi connectivity index (χ1v) is 6.02. The molecule has 1 atom stereocenters. The van der Waals surface area contributed by atoms with Crippen molar-refractivity contribution in [3.63, 3.8) is 0 Å². The van der Waals surface area contributed by atoms with E-state index in [-0.39, 0.29) is 11.9 Å². The van der Waals surface area contributed by atoms with Crippen LogP contribution in [0.5, 0.6) is 0 Å². The molecule has 1 aliphatic heterocycles. The van der Waals surface area contributed by atoms with Crippen molar-refractivity contribution in [2.45, 2.75) is 6.04 Å². The maximum Gasteiger partial charge on any atom is 0.275 e.